The van der Waals surface area contributed by atoms with Gasteiger partial charge in [0.15, 0.2) is 18.1 Å². The Balaban J connectivity index is 2.11. The predicted octanol–water partition coefficient (Wildman–Crippen LogP) is 3.40. The van der Waals surface area contributed by atoms with E-state index in [1.54, 1.807) is 48.5 Å². The topological polar surface area (TPSA) is 78.7 Å². The summed E-state index contributed by atoms with van der Waals surface area (Å²) in [5.74, 6) is -0.712. The second kappa shape index (κ2) is 7.36. The minimum Gasteiger partial charge on any atom is -0.479 e. The van der Waals surface area contributed by atoms with Crippen LogP contribution < -0.4 is 4.74 Å². The maximum absolute atomic E-state index is 12.4. The first-order valence-electron chi connectivity index (χ1n) is 7.28. The zero-order valence-corrected chi connectivity index (χ0v) is 14.4. The summed E-state index contributed by atoms with van der Waals surface area (Å²) in [6.07, 6.45) is 0. The minimum atomic E-state index is -1.40. The van der Waals surface area contributed by atoms with E-state index in [0.717, 1.165) is 0 Å². The summed E-state index contributed by atoms with van der Waals surface area (Å²) >= 11 is 5.81. The van der Waals surface area contributed by atoms with Crippen molar-refractivity contribution in [3.05, 3.63) is 69.9 Å². The molecule has 25 heavy (non-hydrogen) atoms. The van der Waals surface area contributed by atoms with Gasteiger partial charge < -0.3 is 9.57 Å². The molecular weight excluding hydrogens is 346 g/mol. The molecule has 0 bridgehead atoms. The Morgan fingerprint density at radius 3 is 2.00 bits per heavy atom. The molecule has 130 valence electrons. The van der Waals surface area contributed by atoms with Crippen LogP contribution >= 0.6 is 11.6 Å². The molecule has 0 aliphatic rings. The third-order valence-electron chi connectivity index (χ3n) is 3.27. The smallest absolute Gasteiger partial charge is 0.299 e. The van der Waals surface area contributed by atoms with Crippen LogP contribution in [0.4, 0.5) is 0 Å². The van der Waals surface area contributed by atoms with Gasteiger partial charge in [0.1, 0.15) is 5.75 Å². The number of rotatable bonds is 6. The Morgan fingerprint density at radius 1 is 1.04 bits per heavy atom. The fourth-order valence-electron chi connectivity index (χ4n) is 1.98. The Kier molecular flexibility index (Phi) is 5.44. The maximum Gasteiger partial charge on any atom is 0.299 e. The molecule has 0 saturated carbocycles. The number of halogens is 1. The molecule has 2 rings (SSSR count). The highest BCUT2D eigenvalue weighted by atomic mass is 35.5. The molecule has 0 radical (unpaired) electrons. The summed E-state index contributed by atoms with van der Waals surface area (Å²) in [5.41, 5.74) is -0.436. The molecule has 0 amide bonds. The van der Waals surface area contributed by atoms with Gasteiger partial charge in [-0.05, 0) is 62.4 Å². The second-order valence-corrected chi connectivity index (χ2v) is 6.12. The lowest BCUT2D eigenvalue weighted by Gasteiger charge is -2.25. The molecule has 0 spiro atoms. The van der Waals surface area contributed by atoms with Crippen LogP contribution in [-0.2, 0) is 9.63 Å². The summed E-state index contributed by atoms with van der Waals surface area (Å²) in [5, 5.41) is 11.2. The molecule has 6 nitrogen and oxygen atoms in total. The highest BCUT2D eigenvalue weighted by Crippen LogP contribution is 2.22. The molecule has 0 unspecified atom stereocenters. The summed E-state index contributed by atoms with van der Waals surface area (Å²) in [6, 6.07) is 12.8. The first-order chi connectivity index (χ1) is 11.7. The Bertz CT molecular complexity index is 797. The van der Waals surface area contributed by atoms with Gasteiger partial charge in [0.2, 0.25) is 0 Å². The van der Waals surface area contributed by atoms with E-state index in [1.807, 2.05) is 0 Å². The molecule has 0 aliphatic carbocycles. The lowest BCUT2D eigenvalue weighted by Crippen LogP contribution is -2.40. The fraction of sp³-hybridized carbons (Fsp3) is 0.167. The quantitative estimate of drug-likeness (QED) is 0.259. The molecule has 0 saturated heterocycles. The van der Waals surface area contributed by atoms with Gasteiger partial charge in [-0.3, -0.25) is 14.8 Å². The lowest BCUT2D eigenvalue weighted by atomic mass is 10.0. The van der Waals surface area contributed by atoms with Crippen LogP contribution in [0.5, 0.6) is 5.75 Å². The van der Waals surface area contributed by atoms with Crippen molar-refractivity contribution in [1.82, 2.24) is 0 Å². The average Bonchev–Trinajstić information content (AvgIpc) is 2.54. The van der Waals surface area contributed by atoms with E-state index in [2.05, 4.69) is 11.6 Å². The second-order valence-electron chi connectivity index (χ2n) is 5.68. The number of hydrogen-bond donors (Lipinski definition) is 0. The monoisotopic (exact) mass is 361 g/mol. The van der Waals surface area contributed by atoms with Crippen molar-refractivity contribution in [2.45, 2.75) is 19.4 Å². The molecule has 0 atom stereocenters. The van der Waals surface area contributed by atoms with Crippen molar-refractivity contribution in [3.8, 4) is 5.75 Å². The summed E-state index contributed by atoms with van der Waals surface area (Å²) in [4.78, 5) is 28.3. The molecule has 0 N–H and O–H groups in total. The van der Waals surface area contributed by atoms with Gasteiger partial charge >= 0.3 is 0 Å². The van der Waals surface area contributed by atoms with Crippen LogP contribution in [-0.4, -0.2) is 29.0 Å². The van der Waals surface area contributed by atoms with Gasteiger partial charge in [0, 0.05) is 21.1 Å². The number of nitrogens with zero attached hydrogens (tertiary/aromatic N) is 1. The van der Waals surface area contributed by atoms with Crippen molar-refractivity contribution in [1.29, 1.82) is 0 Å². The molecule has 2 aromatic carbocycles. The van der Waals surface area contributed by atoms with Crippen LogP contribution in [0.15, 0.2) is 48.5 Å². The predicted molar refractivity (Wildman–Crippen MR) is 92.9 cm³/mol. The van der Waals surface area contributed by atoms with E-state index in [1.165, 1.54) is 13.8 Å². The number of benzene rings is 2. The van der Waals surface area contributed by atoms with Crippen LogP contribution in [0.1, 0.15) is 29.8 Å². The van der Waals surface area contributed by atoms with E-state index in [4.69, 9.17) is 16.3 Å². The number of hydrogen-bond acceptors (Lipinski definition) is 5. The van der Waals surface area contributed by atoms with E-state index in [-0.39, 0.29) is 10.7 Å². The van der Waals surface area contributed by atoms with Gasteiger partial charge in [0.25, 0.3) is 5.97 Å². The average molecular weight is 362 g/mol. The van der Waals surface area contributed by atoms with Crippen LogP contribution in [0.2, 0.25) is 5.02 Å². The van der Waals surface area contributed by atoms with Crippen molar-refractivity contribution < 1.29 is 24.1 Å². The van der Waals surface area contributed by atoms with E-state index < -0.39 is 11.6 Å². The van der Waals surface area contributed by atoms with Gasteiger partial charge in [-0.15, -0.1) is 0 Å². The van der Waals surface area contributed by atoms with Gasteiger partial charge in [0.05, 0.1) is 0 Å². The van der Waals surface area contributed by atoms with Gasteiger partial charge in [-0.1, -0.05) is 11.6 Å². The minimum absolute atomic E-state index is 0.166. The van der Waals surface area contributed by atoms with Crippen molar-refractivity contribution >= 4 is 30.1 Å². The number of carbonyl (C=O) groups excluding carboxylic acids is 2. The lowest BCUT2D eigenvalue weighted by molar-refractivity contribution is -0.708. The SMILES string of the molecule is C=[N+]([O-])OC(=O)C(C)(C)Oc1ccc(C(=O)c2ccc(Cl)cc2)cc1. The number of ether oxygens (including phenoxy) is 1. The van der Waals surface area contributed by atoms with Crippen LogP contribution in [0.3, 0.4) is 0 Å². The van der Waals surface area contributed by atoms with Crippen LogP contribution in [0, 0.1) is 5.21 Å². The molecular formula is C18H16ClNO5. The molecule has 0 aromatic heterocycles. The third-order valence-corrected chi connectivity index (χ3v) is 3.52. The highest BCUT2D eigenvalue weighted by Gasteiger charge is 2.30. The third kappa shape index (κ3) is 4.81. The molecule has 0 aliphatic heterocycles. The van der Waals surface area contributed by atoms with Gasteiger partial charge in [-0.25, -0.2) is 0 Å². The van der Waals surface area contributed by atoms with Crippen LogP contribution in [0.25, 0.3) is 0 Å². The van der Waals surface area contributed by atoms with E-state index in [9.17, 15) is 14.8 Å². The Morgan fingerprint density at radius 2 is 1.52 bits per heavy atom. The number of ketones is 1. The number of carbonyl (C=O) groups is 2. The standard InChI is InChI=1S/C18H16ClNO5/c1-18(2,17(22)25-20(3)23)24-15-10-6-13(7-11-15)16(21)12-4-8-14(19)9-5-12/h4-11H,3H2,1-2H3. The van der Waals surface area contributed by atoms with Crippen molar-refractivity contribution in [3.63, 3.8) is 0 Å². The normalized spacial score (nSPS) is 10.8. The molecule has 2 aromatic rings. The largest absolute Gasteiger partial charge is 0.479 e. The first-order valence-corrected chi connectivity index (χ1v) is 7.66. The molecule has 0 fully saturated rings. The summed E-state index contributed by atoms with van der Waals surface area (Å²) in [7, 11) is 0. The fourth-order valence-corrected chi connectivity index (χ4v) is 2.11. The van der Waals surface area contributed by atoms with Gasteiger partial charge in [-0.2, -0.15) is 0 Å². The van der Waals surface area contributed by atoms with Crippen molar-refractivity contribution in [2.24, 2.45) is 0 Å². The summed E-state index contributed by atoms with van der Waals surface area (Å²) in [6.45, 7) is 5.80. The molecule has 7 heteroatoms. The highest BCUT2D eigenvalue weighted by molar-refractivity contribution is 6.30. The van der Waals surface area contributed by atoms with E-state index in [0.29, 0.717) is 21.9 Å². The Labute approximate surface area is 149 Å². The molecule has 0 heterocycles. The first kappa shape index (κ1) is 18.5. The van der Waals surface area contributed by atoms with Crippen molar-refractivity contribution in [2.75, 3.05) is 0 Å². The Hall–Kier alpha value is -2.86. The zero-order valence-electron chi connectivity index (χ0n) is 13.7. The maximum atomic E-state index is 12.4. The summed E-state index contributed by atoms with van der Waals surface area (Å²) < 4.78 is 5.52. The van der Waals surface area contributed by atoms with E-state index >= 15 is 0 Å². The zero-order chi connectivity index (χ0) is 18.6.